The molecule has 0 atom stereocenters. The fourth-order valence-electron chi connectivity index (χ4n) is 2.17. The predicted molar refractivity (Wildman–Crippen MR) is 61.1 cm³/mol. The number of fused-ring (bicyclic) bond motifs is 2. The van der Waals surface area contributed by atoms with Crippen LogP contribution in [-0.4, -0.2) is 26.2 Å². The molecule has 0 N–H and O–H groups in total. The van der Waals surface area contributed by atoms with E-state index in [1.54, 1.807) is 4.52 Å². The zero-order valence-corrected chi connectivity index (χ0v) is 9.94. The van der Waals surface area contributed by atoms with Gasteiger partial charge in [0.1, 0.15) is 5.15 Å². The summed E-state index contributed by atoms with van der Waals surface area (Å²) in [7, 11) is 0. The van der Waals surface area contributed by atoms with Gasteiger partial charge in [-0.05, 0) is 12.8 Å². The molecule has 6 heteroatoms. The van der Waals surface area contributed by atoms with Crippen molar-refractivity contribution < 1.29 is 4.74 Å². The second-order valence-corrected chi connectivity index (χ2v) is 4.94. The third kappa shape index (κ3) is 1.46. The lowest BCUT2D eigenvalue weighted by atomic mass is 10.1. The first-order valence-electron chi connectivity index (χ1n) is 5.84. The minimum atomic E-state index is 0.515. The van der Waals surface area contributed by atoms with E-state index in [9.17, 15) is 0 Å². The van der Waals surface area contributed by atoms with Crippen LogP contribution in [-0.2, 0) is 17.8 Å². The summed E-state index contributed by atoms with van der Waals surface area (Å²) in [6.07, 6.45) is 3.16. The molecule has 3 heterocycles. The van der Waals surface area contributed by atoms with Gasteiger partial charge in [0.15, 0.2) is 5.82 Å². The Bertz CT molecular complexity index is 605. The molecule has 1 aliphatic carbocycles. The molecule has 1 aliphatic heterocycles. The number of halogens is 1. The highest BCUT2D eigenvalue weighted by molar-refractivity contribution is 6.30. The first kappa shape index (κ1) is 9.79. The first-order chi connectivity index (χ1) is 8.33. The van der Waals surface area contributed by atoms with Gasteiger partial charge in [-0.25, -0.2) is 4.98 Å². The molecule has 2 aromatic heterocycles. The highest BCUT2D eigenvalue weighted by atomic mass is 35.5. The van der Waals surface area contributed by atoms with Crippen molar-refractivity contribution in [3.05, 3.63) is 22.2 Å². The molecule has 0 aromatic carbocycles. The largest absolute Gasteiger partial charge is 0.376 e. The summed E-state index contributed by atoms with van der Waals surface area (Å²) < 4.78 is 7.05. The Morgan fingerprint density at radius 3 is 3.00 bits per heavy atom. The van der Waals surface area contributed by atoms with Gasteiger partial charge < -0.3 is 4.74 Å². The second-order valence-electron chi connectivity index (χ2n) is 4.59. The summed E-state index contributed by atoms with van der Waals surface area (Å²) in [6.45, 7) is 1.23. The molecular formula is C11H11ClN4O. The average Bonchev–Trinajstić information content (AvgIpc) is 3.11. The topological polar surface area (TPSA) is 52.3 Å². The van der Waals surface area contributed by atoms with E-state index in [1.165, 1.54) is 12.8 Å². The highest BCUT2D eigenvalue weighted by Gasteiger charge is 2.29. The second kappa shape index (κ2) is 3.40. The van der Waals surface area contributed by atoms with E-state index < -0.39 is 0 Å². The van der Waals surface area contributed by atoms with Crippen molar-refractivity contribution in [3.8, 4) is 0 Å². The molecule has 5 nitrogen and oxygen atoms in total. The third-order valence-corrected chi connectivity index (χ3v) is 3.69. The van der Waals surface area contributed by atoms with E-state index in [2.05, 4.69) is 15.1 Å². The normalized spacial score (nSPS) is 19.6. The van der Waals surface area contributed by atoms with Crippen molar-refractivity contribution in [3.63, 3.8) is 0 Å². The highest BCUT2D eigenvalue weighted by Crippen LogP contribution is 2.38. The van der Waals surface area contributed by atoms with E-state index in [-0.39, 0.29) is 0 Å². The van der Waals surface area contributed by atoms with E-state index in [0.29, 0.717) is 30.1 Å². The first-order valence-corrected chi connectivity index (χ1v) is 6.22. The number of hydrogen-bond donors (Lipinski definition) is 0. The fraction of sp³-hybridized carbons (Fsp3) is 0.545. The van der Waals surface area contributed by atoms with Gasteiger partial charge in [0, 0.05) is 17.9 Å². The monoisotopic (exact) mass is 250 g/mol. The minimum absolute atomic E-state index is 0.515. The Kier molecular flexibility index (Phi) is 1.96. The summed E-state index contributed by atoms with van der Waals surface area (Å²) in [5.41, 5.74) is 1.96. The molecule has 0 unspecified atom stereocenters. The molecule has 2 aromatic rings. The molecule has 0 spiro atoms. The van der Waals surface area contributed by atoms with Crippen LogP contribution in [0.2, 0.25) is 5.15 Å². The summed E-state index contributed by atoms with van der Waals surface area (Å²) >= 11 is 6.34. The van der Waals surface area contributed by atoms with E-state index >= 15 is 0 Å². The Morgan fingerprint density at radius 1 is 1.29 bits per heavy atom. The van der Waals surface area contributed by atoms with Crippen LogP contribution in [0.4, 0.5) is 0 Å². The third-order valence-electron chi connectivity index (χ3n) is 3.30. The summed E-state index contributed by atoms with van der Waals surface area (Å²) in [5.74, 6) is 2.02. The molecule has 4 rings (SSSR count). The van der Waals surface area contributed by atoms with Crippen molar-refractivity contribution in [2.75, 3.05) is 6.61 Å². The zero-order valence-electron chi connectivity index (χ0n) is 9.19. The summed E-state index contributed by atoms with van der Waals surface area (Å²) in [6, 6.07) is 0. The van der Waals surface area contributed by atoms with Crippen LogP contribution in [0.1, 0.15) is 35.8 Å². The van der Waals surface area contributed by atoms with Gasteiger partial charge in [0.25, 0.3) is 5.78 Å². The van der Waals surface area contributed by atoms with E-state index in [1.807, 2.05) is 0 Å². The Hall–Kier alpha value is -1.20. The molecule has 0 amide bonds. The zero-order chi connectivity index (χ0) is 11.4. The van der Waals surface area contributed by atoms with Crippen LogP contribution in [0.3, 0.4) is 0 Å². The van der Waals surface area contributed by atoms with Crippen LogP contribution in [0, 0.1) is 0 Å². The van der Waals surface area contributed by atoms with Gasteiger partial charge in [0.05, 0.1) is 18.9 Å². The molecule has 88 valence electrons. The van der Waals surface area contributed by atoms with Gasteiger partial charge in [0.2, 0.25) is 0 Å². The quantitative estimate of drug-likeness (QED) is 0.724. The average molecular weight is 251 g/mol. The maximum Gasteiger partial charge on any atom is 0.254 e. The molecule has 0 saturated heterocycles. The SMILES string of the molecule is Clc1c2c(nc3nc(C4CC4)nn13)CCOC2. The Morgan fingerprint density at radius 2 is 2.18 bits per heavy atom. The number of hydrogen-bond acceptors (Lipinski definition) is 4. The minimum Gasteiger partial charge on any atom is -0.376 e. The summed E-state index contributed by atoms with van der Waals surface area (Å²) in [4.78, 5) is 8.99. The lowest BCUT2D eigenvalue weighted by Gasteiger charge is -2.16. The van der Waals surface area contributed by atoms with Gasteiger partial charge in [-0.1, -0.05) is 11.6 Å². The number of nitrogens with zero attached hydrogens (tertiary/aromatic N) is 4. The van der Waals surface area contributed by atoms with Crippen LogP contribution in [0.15, 0.2) is 0 Å². The van der Waals surface area contributed by atoms with Gasteiger partial charge in [-0.15, -0.1) is 5.10 Å². The number of ether oxygens (including phenoxy) is 1. The Balaban J connectivity index is 1.96. The lowest BCUT2D eigenvalue weighted by molar-refractivity contribution is 0.109. The predicted octanol–water partition coefficient (Wildman–Crippen LogP) is 1.73. The number of aromatic nitrogens is 4. The smallest absolute Gasteiger partial charge is 0.254 e. The van der Waals surface area contributed by atoms with Crippen LogP contribution < -0.4 is 0 Å². The molecule has 1 fully saturated rings. The lowest BCUT2D eigenvalue weighted by Crippen LogP contribution is -2.14. The molecule has 0 radical (unpaired) electrons. The van der Waals surface area contributed by atoms with Crippen molar-refractivity contribution in [1.29, 1.82) is 0 Å². The van der Waals surface area contributed by atoms with Gasteiger partial charge in [-0.2, -0.15) is 9.50 Å². The van der Waals surface area contributed by atoms with E-state index in [4.69, 9.17) is 16.3 Å². The Labute approximate surface area is 103 Å². The van der Waals surface area contributed by atoms with Crippen LogP contribution in [0.5, 0.6) is 0 Å². The number of rotatable bonds is 1. The van der Waals surface area contributed by atoms with Gasteiger partial charge >= 0.3 is 0 Å². The summed E-state index contributed by atoms with van der Waals surface area (Å²) in [5, 5.41) is 5.04. The standard InChI is InChI=1S/C11H11ClN4O/c12-9-7-5-17-4-3-8(7)13-11-14-10(6-1-2-6)15-16(9)11/h6H,1-5H2. The maximum absolute atomic E-state index is 6.34. The van der Waals surface area contributed by atoms with Crippen molar-refractivity contribution in [1.82, 2.24) is 19.6 Å². The van der Waals surface area contributed by atoms with Crippen LogP contribution in [0.25, 0.3) is 5.78 Å². The van der Waals surface area contributed by atoms with Crippen molar-refractivity contribution in [2.45, 2.75) is 31.8 Å². The van der Waals surface area contributed by atoms with Crippen LogP contribution >= 0.6 is 11.6 Å². The molecule has 0 bridgehead atoms. The fourth-order valence-corrected chi connectivity index (χ4v) is 2.44. The molecule has 1 saturated carbocycles. The molecule has 17 heavy (non-hydrogen) atoms. The van der Waals surface area contributed by atoms with Gasteiger partial charge in [-0.3, -0.25) is 0 Å². The van der Waals surface area contributed by atoms with Crippen molar-refractivity contribution in [2.24, 2.45) is 0 Å². The van der Waals surface area contributed by atoms with E-state index in [0.717, 1.165) is 23.5 Å². The molecule has 2 aliphatic rings. The van der Waals surface area contributed by atoms with Crippen molar-refractivity contribution >= 4 is 17.4 Å². The molecular weight excluding hydrogens is 240 g/mol. The maximum atomic E-state index is 6.34.